The number of amides is 1. The Morgan fingerprint density at radius 1 is 1.38 bits per heavy atom. The second-order valence-electron chi connectivity index (χ2n) is 6.50. The maximum atomic E-state index is 12.3. The summed E-state index contributed by atoms with van der Waals surface area (Å²) in [5, 5.41) is 3.00. The fourth-order valence-corrected chi connectivity index (χ4v) is 2.76. The van der Waals surface area contributed by atoms with Gasteiger partial charge in [0.05, 0.1) is 5.60 Å². The Kier molecular flexibility index (Phi) is 4.85. The van der Waals surface area contributed by atoms with Crippen molar-refractivity contribution in [1.29, 1.82) is 0 Å². The largest absolute Gasteiger partial charge is 0.484 e. The summed E-state index contributed by atoms with van der Waals surface area (Å²) in [7, 11) is 0. The van der Waals surface area contributed by atoms with E-state index in [2.05, 4.69) is 10.3 Å². The molecule has 6 nitrogen and oxygen atoms in total. The lowest BCUT2D eigenvalue weighted by Gasteiger charge is -2.35. The monoisotopic (exact) mass is 330 g/mol. The number of para-hydroxylation sites is 1. The molecular weight excluding hydrogens is 308 g/mol. The molecule has 2 aromatic rings. The van der Waals surface area contributed by atoms with Crippen molar-refractivity contribution in [3.05, 3.63) is 48.2 Å². The van der Waals surface area contributed by atoms with Gasteiger partial charge in [-0.05, 0) is 38.8 Å². The molecule has 0 saturated carbocycles. The smallest absolute Gasteiger partial charge is 0.273 e. The average Bonchev–Trinajstić information content (AvgIpc) is 3.02. The lowest BCUT2D eigenvalue weighted by molar-refractivity contribution is -0.0615. The number of hydrogen-bond donors (Lipinski definition) is 1. The molecule has 6 heteroatoms. The van der Waals surface area contributed by atoms with Gasteiger partial charge in [-0.25, -0.2) is 4.98 Å². The summed E-state index contributed by atoms with van der Waals surface area (Å²) in [6, 6.07) is 9.48. The SMILES string of the molecule is CC1(C)C[C@H](NC(=O)c2coc(COc3ccccc3)n2)CCO1. The Morgan fingerprint density at radius 3 is 2.92 bits per heavy atom. The van der Waals surface area contributed by atoms with Gasteiger partial charge < -0.3 is 19.2 Å². The summed E-state index contributed by atoms with van der Waals surface area (Å²) in [6.07, 6.45) is 2.95. The van der Waals surface area contributed by atoms with E-state index in [-0.39, 0.29) is 29.9 Å². The zero-order valence-electron chi connectivity index (χ0n) is 14.0. The van der Waals surface area contributed by atoms with Crippen LogP contribution in [0.25, 0.3) is 0 Å². The highest BCUT2D eigenvalue weighted by atomic mass is 16.5. The number of carbonyl (C=O) groups excluding carboxylic acids is 1. The first-order valence-electron chi connectivity index (χ1n) is 8.09. The number of benzene rings is 1. The molecule has 24 heavy (non-hydrogen) atoms. The van der Waals surface area contributed by atoms with Gasteiger partial charge in [0.25, 0.3) is 5.91 Å². The average molecular weight is 330 g/mol. The molecule has 1 saturated heterocycles. The third kappa shape index (κ3) is 4.35. The normalized spacial score (nSPS) is 19.7. The molecule has 0 radical (unpaired) electrons. The summed E-state index contributed by atoms with van der Waals surface area (Å²) in [5.74, 6) is 0.870. The molecule has 1 aromatic heterocycles. The van der Waals surface area contributed by atoms with Gasteiger partial charge in [0.15, 0.2) is 12.3 Å². The Morgan fingerprint density at radius 2 is 2.17 bits per heavy atom. The van der Waals surface area contributed by atoms with Gasteiger partial charge in [0.1, 0.15) is 12.0 Å². The second-order valence-corrected chi connectivity index (χ2v) is 6.50. The predicted molar refractivity (Wildman–Crippen MR) is 87.8 cm³/mol. The van der Waals surface area contributed by atoms with Crippen LogP contribution in [0.5, 0.6) is 5.75 Å². The van der Waals surface area contributed by atoms with Crippen molar-refractivity contribution in [2.75, 3.05) is 6.61 Å². The predicted octanol–water partition coefficient (Wildman–Crippen LogP) is 2.94. The molecule has 1 N–H and O–H groups in total. The molecule has 1 aliphatic rings. The second kappa shape index (κ2) is 7.05. The number of carbonyl (C=O) groups is 1. The highest BCUT2D eigenvalue weighted by Crippen LogP contribution is 2.24. The van der Waals surface area contributed by atoms with E-state index >= 15 is 0 Å². The Labute approximate surface area is 141 Å². The van der Waals surface area contributed by atoms with Crippen molar-refractivity contribution in [3.63, 3.8) is 0 Å². The molecule has 2 heterocycles. The zero-order valence-corrected chi connectivity index (χ0v) is 14.0. The zero-order chi connectivity index (χ0) is 17.0. The van der Waals surface area contributed by atoms with Crippen LogP contribution in [0.4, 0.5) is 0 Å². The van der Waals surface area contributed by atoms with E-state index in [1.807, 2.05) is 44.2 Å². The number of ether oxygens (including phenoxy) is 2. The molecule has 1 aromatic carbocycles. The summed E-state index contributed by atoms with van der Waals surface area (Å²) in [5.41, 5.74) is 0.0558. The quantitative estimate of drug-likeness (QED) is 0.912. The van der Waals surface area contributed by atoms with E-state index in [1.54, 1.807) is 0 Å². The van der Waals surface area contributed by atoms with E-state index in [0.29, 0.717) is 12.5 Å². The standard InChI is InChI=1S/C18H22N2O4/c1-18(2)10-13(8-9-24-18)19-17(21)15-11-23-16(20-15)12-22-14-6-4-3-5-7-14/h3-7,11,13H,8-10,12H2,1-2H3,(H,19,21)/t13-/m1/s1. The Hall–Kier alpha value is -2.34. The van der Waals surface area contributed by atoms with E-state index in [0.717, 1.165) is 18.6 Å². The molecule has 1 atom stereocenters. The highest BCUT2D eigenvalue weighted by Gasteiger charge is 2.30. The first-order chi connectivity index (χ1) is 11.5. The van der Waals surface area contributed by atoms with E-state index in [9.17, 15) is 4.79 Å². The summed E-state index contributed by atoms with van der Waals surface area (Å²) < 4.78 is 16.5. The van der Waals surface area contributed by atoms with Crippen LogP contribution in [0.1, 0.15) is 43.1 Å². The Balaban J connectivity index is 1.54. The number of rotatable bonds is 5. The van der Waals surface area contributed by atoms with Crippen LogP contribution in [-0.2, 0) is 11.3 Å². The fourth-order valence-electron chi connectivity index (χ4n) is 2.76. The number of aromatic nitrogens is 1. The third-order valence-electron chi connectivity index (χ3n) is 3.92. The molecule has 0 aliphatic carbocycles. The van der Waals surface area contributed by atoms with Gasteiger partial charge in [-0.15, -0.1) is 0 Å². The molecular formula is C18H22N2O4. The van der Waals surface area contributed by atoms with Crippen LogP contribution in [0.15, 0.2) is 41.0 Å². The van der Waals surface area contributed by atoms with E-state index in [4.69, 9.17) is 13.9 Å². The van der Waals surface area contributed by atoms with Gasteiger partial charge in [-0.3, -0.25) is 4.79 Å². The molecule has 1 amide bonds. The lowest BCUT2D eigenvalue weighted by Crippen LogP contribution is -2.45. The summed E-state index contributed by atoms with van der Waals surface area (Å²) in [6.45, 7) is 4.88. The molecule has 0 bridgehead atoms. The van der Waals surface area contributed by atoms with Crippen molar-refractivity contribution in [1.82, 2.24) is 10.3 Å². The molecule has 1 fully saturated rings. The summed E-state index contributed by atoms with van der Waals surface area (Å²) >= 11 is 0. The van der Waals surface area contributed by atoms with Crippen molar-refractivity contribution in [3.8, 4) is 5.75 Å². The van der Waals surface area contributed by atoms with Crippen LogP contribution in [0.3, 0.4) is 0 Å². The van der Waals surface area contributed by atoms with Crippen molar-refractivity contribution in [2.24, 2.45) is 0 Å². The first-order valence-corrected chi connectivity index (χ1v) is 8.09. The molecule has 3 rings (SSSR count). The van der Waals surface area contributed by atoms with Crippen LogP contribution in [-0.4, -0.2) is 29.1 Å². The minimum Gasteiger partial charge on any atom is -0.484 e. The van der Waals surface area contributed by atoms with Crippen LogP contribution < -0.4 is 10.1 Å². The van der Waals surface area contributed by atoms with E-state index < -0.39 is 0 Å². The minimum atomic E-state index is -0.229. The van der Waals surface area contributed by atoms with Gasteiger partial charge in [-0.2, -0.15) is 0 Å². The number of hydrogen-bond acceptors (Lipinski definition) is 5. The maximum Gasteiger partial charge on any atom is 0.273 e. The van der Waals surface area contributed by atoms with Gasteiger partial charge in [0, 0.05) is 12.6 Å². The topological polar surface area (TPSA) is 73.6 Å². The number of nitrogens with one attached hydrogen (secondary N) is 1. The lowest BCUT2D eigenvalue weighted by atomic mass is 9.94. The first kappa shape index (κ1) is 16.5. The summed E-state index contributed by atoms with van der Waals surface area (Å²) in [4.78, 5) is 16.5. The molecule has 0 spiro atoms. The van der Waals surface area contributed by atoms with Gasteiger partial charge in [-0.1, -0.05) is 18.2 Å². The van der Waals surface area contributed by atoms with E-state index in [1.165, 1.54) is 6.26 Å². The van der Waals surface area contributed by atoms with Gasteiger partial charge >= 0.3 is 0 Å². The number of nitrogens with zero attached hydrogens (tertiary/aromatic N) is 1. The van der Waals surface area contributed by atoms with Crippen molar-refractivity contribution < 1.29 is 18.7 Å². The minimum absolute atomic E-state index is 0.0852. The maximum absolute atomic E-state index is 12.3. The molecule has 128 valence electrons. The molecule has 1 aliphatic heterocycles. The Bertz CT molecular complexity index is 681. The van der Waals surface area contributed by atoms with Crippen LogP contribution in [0.2, 0.25) is 0 Å². The fraction of sp³-hybridized carbons (Fsp3) is 0.444. The van der Waals surface area contributed by atoms with Crippen molar-refractivity contribution in [2.45, 2.75) is 44.9 Å². The van der Waals surface area contributed by atoms with Gasteiger partial charge in [0.2, 0.25) is 5.89 Å². The molecule has 0 unspecified atom stereocenters. The van der Waals surface area contributed by atoms with Crippen LogP contribution in [0, 0.1) is 0 Å². The van der Waals surface area contributed by atoms with Crippen molar-refractivity contribution >= 4 is 5.91 Å². The third-order valence-corrected chi connectivity index (χ3v) is 3.92. The van der Waals surface area contributed by atoms with Crippen LogP contribution >= 0.6 is 0 Å². The highest BCUT2D eigenvalue weighted by molar-refractivity contribution is 5.92. The number of oxazole rings is 1.